The molecule has 1 aromatic rings. The Hall–Kier alpha value is -0.870. The van der Waals surface area contributed by atoms with E-state index >= 15 is 0 Å². The number of amides is 1. The average molecular weight is 239 g/mol. The molecule has 3 nitrogen and oxygen atoms in total. The van der Waals surface area contributed by atoms with Crippen molar-refractivity contribution in [1.82, 2.24) is 4.90 Å². The summed E-state index contributed by atoms with van der Waals surface area (Å²) in [6.45, 7) is 4.70. The van der Waals surface area contributed by atoms with Crippen molar-refractivity contribution < 1.29 is 9.90 Å². The largest absolute Gasteiger partial charge is 0.387 e. The zero-order valence-corrected chi connectivity index (χ0v) is 10.4. The summed E-state index contributed by atoms with van der Waals surface area (Å²) in [6, 6.07) is 4.09. The van der Waals surface area contributed by atoms with Crippen LogP contribution in [0.1, 0.15) is 31.2 Å². The highest BCUT2D eigenvalue weighted by molar-refractivity contribution is 7.10. The number of carbonyl (C=O) groups is 1. The average Bonchev–Trinajstić information content (AvgIpc) is 2.84. The van der Waals surface area contributed by atoms with E-state index in [4.69, 9.17) is 0 Å². The van der Waals surface area contributed by atoms with Gasteiger partial charge in [0.1, 0.15) is 0 Å². The Kier molecular flexibility index (Phi) is 3.30. The minimum atomic E-state index is -0.493. The Morgan fingerprint density at radius 1 is 1.56 bits per heavy atom. The Balaban J connectivity index is 2.06. The van der Waals surface area contributed by atoms with E-state index in [1.807, 2.05) is 36.3 Å². The lowest BCUT2D eigenvalue weighted by atomic mass is 10.0. The summed E-state index contributed by atoms with van der Waals surface area (Å²) >= 11 is 1.55. The number of nitrogens with zero attached hydrogens (tertiary/aromatic N) is 1. The zero-order valence-electron chi connectivity index (χ0n) is 9.59. The van der Waals surface area contributed by atoms with Crippen LogP contribution in [0.3, 0.4) is 0 Å². The van der Waals surface area contributed by atoms with Crippen LogP contribution in [0.4, 0.5) is 0 Å². The number of thiophene rings is 1. The van der Waals surface area contributed by atoms with Gasteiger partial charge in [-0.3, -0.25) is 4.79 Å². The van der Waals surface area contributed by atoms with Crippen molar-refractivity contribution in [2.45, 2.75) is 32.4 Å². The molecule has 2 unspecified atom stereocenters. The first-order valence-electron chi connectivity index (χ1n) is 5.60. The number of likely N-dealkylation sites (tertiary alicyclic amines) is 1. The molecule has 1 saturated heterocycles. The molecule has 2 atom stereocenters. The van der Waals surface area contributed by atoms with Gasteiger partial charge in [-0.15, -0.1) is 11.3 Å². The molecule has 0 radical (unpaired) electrons. The fourth-order valence-electron chi connectivity index (χ4n) is 2.16. The normalized spacial score (nSPS) is 23.1. The van der Waals surface area contributed by atoms with Crippen LogP contribution in [-0.4, -0.2) is 28.5 Å². The Labute approximate surface area is 99.7 Å². The molecule has 1 aromatic heterocycles. The third-order valence-corrected chi connectivity index (χ3v) is 4.04. The fourth-order valence-corrected chi connectivity index (χ4v) is 2.97. The molecule has 16 heavy (non-hydrogen) atoms. The van der Waals surface area contributed by atoms with Crippen LogP contribution in [-0.2, 0) is 4.79 Å². The molecule has 2 heterocycles. The number of aliphatic hydroxyl groups excluding tert-OH is 1. The van der Waals surface area contributed by atoms with Gasteiger partial charge in [-0.2, -0.15) is 0 Å². The molecular weight excluding hydrogens is 222 g/mol. The van der Waals surface area contributed by atoms with Crippen LogP contribution >= 0.6 is 11.3 Å². The number of rotatable bonds is 3. The van der Waals surface area contributed by atoms with Crippen molar-refractivity contribution in [3.05, 3.63) is 22.4 Å². The van der Waals surface area contributed by atoms with E-state index in [1.165, 1.54) is 0 Å². The van der Waals surface area contributed by atoms with Gasteiger partial charge in [0.2, 0.25) is 5.91 Å². The third kappa shape index (κ3) is 2.13. The molecule has 1 aliphatic heterocycles. The molecule has 0 saturated carbocycles. The topological polar surface area (TPSA) is 40.5 Å². The highest BCUT2D eigenvalue weighted by atomic mass is 32.1. The van der Waals surface area contributed by atoms with E-state index in [-0.39, 0.29) is 17.9 Å². The van der Waals surface area contributed by atoms with Crippen molar-refractivity contribution in [2.75, 3.05) is 6.54 Å². The summed E-state index contributed by atoms with van der Waals surface area (Å²) in [5, 5.41) is 12.1. The number of hydrogen-bond acceptors (Lipinski definition) is 3. The van der Waals surface area contributed by atoms with Crippen LogP contribution in [0.25, 0.3) is 0 Å². The molecule has 0 spiro atoms. The van der Waals surface area contributed by atoms with E-state index in [9.17, 15) is 9.90 Å². The van der Waals surface area contributed by atoms with E-state index in [1.54, 1.807) is 11.3 Å². The van der Waals surface area contributed by atoms with Crippen LogP contribution in [0, 0.1) is 5.92 Å². The molecule has 2 rings (SSSR count). The van der Waals surface area contributed by atoms with Crippen molar-refractivity contribution in [3.8, 4) is 0 Å². The van der Waals surface area contributed by atoms with Crippen LogP contribution in [0.15, 0.2) is 17.5 Å². The molecule has 0 aliphatic carbocycles. The summed E-state index contributed by atoms with van der Waals surface area (Å²) in [7, 11) is 0. The molecule has 1 fully saturated rings. The first-order valence-corrected chi connectivity index (χ1v) is 6.48. The fraction of sp³-hybridized carbons (Fsp3) is 0.583. The Morgan fingerprint density at radius 2 is 2.31 bits per heavy atom. The van der Waals surface area contributed by atoms with Gasteiger partial charge >= 0.3 is 0 Å². The second kappa shape index (κ2) is 4.55. The van der Waals surface area contributed by atoms with E-state index < -0.39 is 6.10 Å². The number of aliphatic hydroxyl groups is 1. The van der Waals surface area contributed by atoms with Crippen LogP contribution in [0.2, 0.25) is 0 Å². The highest BCUT2D eigenvalue weighted by Crippen LogP contribution is 2.33. The molecule has 0 bridgehead atoms. The lowest BCUT2D eigenvalue weighted by molar-refractivity contribution is -0.129. The first-order chi connectivity index (χ1) is 7.59. The van der Waals surface area contributed by atoms with Gasteiger partial charge < -0.3 is 10.0 Å². The van der Waals surface area contributed by atoms with Gasteiger partial charge in [-0.25, -0.2) is 0 Å². The highest BCUT2D eigenvalue weighted by Gasteiger charge is 2.36. The Bertz CT molecular complexity index is 361. The molecule has 1 amide bonds. The first kappa shape index (κ1) is 11.6. The van der Waals surface area contributed by atoms with Crippen molar-refractivity contribution in [1.29, 1.82) is 0 Å². The second-order valence-electron chi connectivity index (χ2n) is 4.56. The molecule has 1 N–H and O–H groups in total. The van der Waals surface area contributed by atoms with E-state index in [0.717, 1.165) is 4.88 Å². The van der Waals surface area contributed by atoms with E-state index in [2.05, 4.69) is 0 Å². The smallest absolute Gasteiger partial charge is 0.223 e. The molecule has 4 heteroatoms. The van der Waals surface area contributed by atoms with Crippen LogP contribution < -0.4 is 0 Å². The second-order valence-corrected chi connectivity index (χ2v) is 5.54. The van der Waals surface area contributed by atoms with Gasteiger partial charge in [0.15, 0.2) is 0 Å². The Morgan fingerprint density at radius 3 is 2.81 bits per heavy atom. The van der Waals surface area contributed by atoms with Gasteiger partial charge in [0, 0.05) is 29.8 Å². The maximum Gasteiger partial charge on any atom is 0.223 e. The third-order valence-electron chi connectivity index (χ3n) is 3.09. The quantitative estimate of drug-likeness (QED) is 0.877. The summed E-state index contributed by atoms with van der Waals surface area (Å²) in [6.07, 6.45) is -0.0234. The molecule has 1 aliphatic rings. The summed E-state index contributed by atoms with van der Waals surface area (Å²) in [4.78, 5) is 14.5. The summed E-state index contributed by atoms with van der Waals surface area (Å²) in [5.41, 5.74) is 0. The van der Waals surface area contributed by atoms with Gasteiger partial charge in [0.25, 0.3) is 0 Å². The van der Waals surface area contributed by atoms with Crippen molar-refractivity contribution >= 4 is 17.2 Å². The predicted molar refractivity (Wildman–Crippen MR) is 64.2 cm³/mol. The van der Waals surface area contributed by atoms with Crippen molar-refractivity contribution in [2.24, 2.45) is 5.92 Å². The molecule has 0 aromatic carbocycles. The predicted octanol–water partition coefficient (Wildman–Crippen LogP) is 2.04. The standard InChI is InChI=1S/C12H17NO2S/c1-8(2)13-7-9(6-11(13)14)12(15)10-4-3-5-16-10/h3-5,8-9,12,15H,6-7H2,1-2H3. The SMILES string of the molecule is CC(C)N1CC(C(O)c2cccs2)CC1=O. The van der Waals surface area contributed by atoms with Crippen molar-refractivity contribution in [3.63, 3.8) is 0 Å². The van der Waals surface area contributed by atoms with Gasteiger partial charge in [0.05, 0.1) is 6.10 Å². The maximum absolute atomic E-state index is 11.7. The maximum atomic E-state index is 11.7. The number of hydrogen-bond donors (Lipinski definition) is 1. The monoisotopic (exact) mass is 239 g/mol. The zero-order chi connectivity index (χ0) is 11.7. The minimum absolute atomic E-state index is 0.0496. The number of carbonyl (C=O) groups excluding carboxylic acids is 1. The van der Waals surface area contributed by atoms with Gasteiger partial charge in [-0.1, -0.05) is 6.07 Å². The summed E-state index contributed by atoms with van der Waals surface area (Å²) < 4.78 is 0. The molecular formula is C12H17NO2S. The van der Waals surface area contributed by atoms with Crippen LogP contribution in [0.5, 0.6) is 0 Å². The minimum Gasteiger partial charge on any atom is -0.387 e. The van der Waals surface area contributed by atoms with Gasteiger partial charge in [-0.05, 0) is 25.3 Å². The lowest BCUT2D eigenvalue weighted by Crippen LogP contribution is -2.32. The molecule has 88 valence electrons. The summed E-state index contributed by atoms with van der Waals surface area (Å²) in [5.74, 6) is 0.212. The lowest BCUT2D eigenvalue weighted by Gasteiger charge is -2.22. The van der Waals surface area contributed by atoms with E-state index in [0.29, 0.717) is 13.0 Å².